The average Bonchev–Trinajstić information content (AvgIpc) is 3.42. The lowest BCUT2D eigenvalue weighted by molar-refractivity contribution is 0.0973. The molecule has 0 fully saturated rings. The number of hydrogen-bond donors (Lipinski definition) is 0. The third-order valence-electron chi connectivity index (χ3n) is 5.10. The molecule has 8 heteroatoms. The van der Waals surface area contributed by atoms with Crippen LogP contribution >= 0.6 is 34.3 Å². The van der Waals surface area contributed by atoms with Gasteiger partial charge in [0, 0.05) is 5.56 Å². The number of halogens is 1. The van der Waals surface area contributed by atoms with Gasteiger partial charge in [-0.3, -0.25) is 4.79 Å². The zero-order valence-corrected chi connectivity index (χ0v) is 19.6. The van der Waals surface area contributed by atoms with Crippen LogP contribution in [-0.4, -0.2) is 30.0 Å². The van der Waals surface area contributed by atoms with E-state index in [1.54, 1.807) is 12.1 Å². The fourth-order valence-electron chi connectivity index (χ4n) is 3.58. The maximum Gasteiger partial charge on any atom is 0.179 e. The van der Waals surface area contributed by atoms with Gasteiger partial charge < -0.3 is 9.47 Å². The summed E-state index contributed by atoms with van der Waals surface area (Å²) in [5.74, 6) is -0.0112. The minimum atomic E-state index is -0.654. The highest BCUT2D eigenvalue weighted by atomic mass is 35.5. The summed E-state index contributed by atoms with van der Waals surface area (Å²) in [6, 6.07) is 19.0. The molecule has 0 saturated carbocycles. The molecule has 5 rings (SSSR count). The third-order valence-corrected chi connectivity index (χ3v) is 7.58. The molecule has 2 heterocycles. The summed E-state index contributed by atoms with van der Waals surface area (Å²) in [5.41, 5.74) is 2.13. The number of ether oxygens (including phenoxy) is 2. The molecule has 0 aliphatic heterocycles. The van der Waals surface area contributed by atoms with E-state index >= 15 is 0 Å². The van der Waals surface area contributed by atoms with Crippen molar-refractivity contribution in [1.82, 2.24) is 9.97 Å². The van der Waals surface area contributed by atoms with Crippen LogP contribution in [0.1, 0.15) is 26.3 Å². The third kappa shape index (κ3) is 3.62. The van der Waals surface area contributed by atoms with Gasteiger partial charge in [-0.15, -0.1) is 22.7 Å². The Hall–Kier alpha value is -3.00. The first-order valence-corrected chi connectivity index (χ1v) is 11.8. The lowest BCUT2D eigenvalue weighted by Crippen LogP contribution is -2.14. The van der Waals surface area contributed by atoms with E-state index in [1.807, 2.05) is 48.5 Å². The lowest BCUT2D eigenvalue weighted by Gasteiger charge is -2.14. The number of fused-ring (bicyclic) bond motifs is 2. The molecule has 0 saturated heterocycles. The Labute approximate surface area is 197 Å². The summed E-state index contributed by atoms with van der Waals surface area (Å²) >= 11 is 9.40. The van der Waals surface area contributed by atoms with Crippen LogP contribution < -0.4 is 9.47 Å². The standard InChI is InChI=1S/C24H17ClN2O3S2/c1-29-17-12-13(11-14(25)22(17)30-2)21(28)20(23-26-15-7-3-5-9-18(15)31-23)24-27-16-8-4-6-10-19(16)32-24/h3-12,20H,1-2H3. The molecular formula is C24H17ClN2O3S2. The van der Waals surface area contributed by atoms with E-state index in [4.69, 9.17) is 31.0 Å². The summed E-state index contributed by atoms with van der Waals surface area (Å²) in [7, 11) is 3.03. The van der Waals surface area contributed by atoms with Crippen molar-refractivity contribution in [2.75, 3.05) is 14.2 Å². The van der Waals surface area contributed by atoms with Crippen molar-refractivity contribution in [2.45, 2.75) is 5.92 Å². The first kappa shape index (κ1) is 20.9. The number of carbonyl (C=O) groups excluding carboxylic acids is 1. The molecule has 0 aliphatic rings. The van der Waals surface area contributed by atoms with Crippen molar-refractivity contribution < 1.29 is 14.3 Å². The maximum atomic E-state index is 13.9. The number of hydrogen-bond acceptors (Lipinski definition) is 7. The van der Waals surface area contributed by atoms with Crippen LogP contribution in [0.2, 0.25) is 5.02 Å². The van der Waals surface area contributed by atoms with Gasteiger partial charge in [0.1, 0.15) is 15.9 Å². The van der Waals surface area contributed by atoms with Crippen molar-refractivity contribution in [3.63, 3.8) is 0 Å². The van der Waals surface area contributed by atoms with Crippen molar-refractivity contribution in [2.24, 2.45) is 0 Å². The highest BCUT2D eigenvalue weighted by molar-refractivity contribution is 7.20. The Balaban J connectivity index is 1.69. The second-order valence-electron chi connectivity index (χ2n) is 7.03. The first-order valence-electron chi connectivity index (χ1n) is 9.75. The van der Waals surface area contributed by atoms with Gasteiger partial charge in [-0.2, -0.15) is 0 Å². The summed E-state index contributed by atoms with van der Waals surface area (Å²) in [4.78, 5) is 23.5. The average molecular weight is 481 g/mol. The molecule has 0 unspecified atom stereocenters. The van der Waals surface area contributed by atoms with E-state index in [0.717, 1.165) is 20.4 Å². The van der Waals surface area contributed by atoms with Gasteiger partial charge in [0.2, 0.25) is 0 Å². The van der Waals surface area contributed by atoms with Crippen LogP contribution in [-0.2, 0) is 0 Å². The van der Waals surface area contributed by atoms with Gasteiger partial charge in [-0.05, 0) is 36.4 Å². The second kappa shape index (κ2) is 8.50. The molecule has 2 aromatic heterocycles. The van der Waals surface area contributed by atoms with Gasteiger partial charge in [0.15, 0.2) is 17.3 Å². The molecule has 5 aromatic rings. The Morgan fingerprint density at radius 1 is 0.875 bits per heavy atom. The van der Waals surface area contributed by atoms with Crippen LogP contribution in [0.5, 0.6) is 11.5 Å². The molecule has 0 amide bonds. The Bertz CT molecular complexity index is 1320. The van der Waals surface area contributed by atoms with Crippen molar-refractivity contribution in [3.05, 3.63) is 81.3 Å². The molecule has 0 bridgehead atoms. The normalized spacial score (nSPS) is 11.4. The van der Waals surface area contributed by atoms with E-state index in [0.29, 0.717) is 32.1 Å². The molecular weight excluding hydrogens is 464 g/mol. The Morgan fingerprint density at radius 2 is 1.44 bits per heavy atom. The number of methoxy groups -OCH3 is 2. The number of para-hydroxylation sites is 2. The van der Waals surface area contributed by atoms with Crippen molar-refractivity contribution >= 4 is 60.5 Å². The molecule has 0 atom stereocenters. The second-order valence-corrected chi connectivity index (χ2v) is 9.56. The molecule has 160 valence electrons. The SMILES string of the molecule is COc1cc(C(=O)C(c2nc3ccccc3s2)c2nc3ccccc3s2)cc(Cl)c1OC. The molecule has 5 nitrogen and oxygen atoms in total. The van der Waals surface area contributed by atoms with Gasteiger partial charge >= 0.3 is 0 Å². The summed E-state index contributed by atoms with van der Waals surface area (Å²) in [6.45, 7) is 0. The Morgan fingerprint density at radius 3 is 1.94 bits per heavy atom. The molecule has 0 spiro atoms. The van der Waals surface area contributed by atoms with Crippen molar-refractivity contribution in [1.29, 1.82) is 0 Å². The zero-order valence-electron chi connectivity index (χ0n) is 17.2. The molecule has 0 radical (unpaired) electrons. The smallest absolute Gasteiger partial charge is 0.179 e. The minimum absolute atomic E-state index is 0.147. The van der Waals surface area contributed by atoms with E-state index in [2.05, 4.69) is 0 Å². The van der Waals surface area contributed by atoms with Gasteiger partial charge in [0.25, 0.3) is 0 Å². The minimum Gasteiger partial charge on any atom is -0.493 e. The van der Waals surface area contributed by atoms with Crippen LogP contribution in [0, 0.1) is 0 Å². The molecule has 0 aliphatic carbocycles. The van der Waals surface area contributed by atoms with Crippen LogP contribution in [0.3, 0.4) is 0 Å². The predicted octanol–water partition coefficient (Wildman–Crippen LogP) is 6.59. The summed E-state index contributed by atoms with van der Waals surface area (Å²) in [5, 5.41) is 1.70. The number of thiazole rings is 2. The van der Waals surface area contributed by atoms with Crippen LogP contribution in [0.25, 0.3) is 20.4 Å². The van der Waals surface area contributed by atoms with Crippen LogP contribution in [0.4, 0.5) is 0 Å². The highest BCUT2D eigenvalue weighted by Crippen LogP contribution is 2.41. The zero-order chi connectivity index (χ0) is 22.2. The number of benzene rings is 3. The van der Waals surface area contributed by atoms with Crippen LogP contribution in [0.15, 0.2) is 60.7 Å². The van der Waals surface area contributed by atoms with Gasteiger partial charge in [0.05, 0.1) is 39.7 Å². The van der Waals surface area contributed by atoms with Crippen molar-refractivity contribution in [3.8, 4) is 11.5 Å². The number of aromatic nitrogens is 2. The first-order chi connectivity index (χ1) is 15.6. The molecule has 32 heavy (non-hydrogen) atoms. The quantitative estimate of drug-likeness (QED) is 0.256. The summed E-state index contributed by atoms with van der Waals surface area (Å²) in [6.07, 6.45) is 0. The largest absolute Gasteiger partial charge is 0.493 e. The van der Waals surface area contributed by atoms with Gasteiger partial charge in [-0.25, -0.2) is 9.97 Å². The molecule has 3 aromatic carbocycles. The predicted molar refractivity (Wildman–Crippen MR) is 130 cm³/mol. The maximum absolute atomic E-state index is 13.9. The van der Waals surface area contributed by atoms with E-state index in [9.17, 15) is 4.79 Å². The lowest BCUT2D eigenvalue weighted by atomic mass is 9.98. The number of nitrogens with zero attached hydrogens (tertiary/aromatic N) is 2. The Kier molecular flexibility index (Phi) is 5.55. The number of Topliss-reactive ketones (excluding diaryl/α,β-unsaturated/α-hetero) is 1. The fourth-order valence-corrected chi connectivity index (χ4v) is 6.09. The number of carbonyl (C=O) groups is 1. The fraction of sp³-hybridized carbons (Fsp3) is 0.125. The summed E-state index contributed by atoms with van der Waals surface area (Å²) < 4.78 is 12.8. The van der Waals surface area contributed by atoms with E-state index in [-0.39, 0.29) is 5.78 Å². The highest BCUT2D eigenvalue weighted by Gasteiger charge is 2.31. The molecule has 0 N–H and O–H groups in total. The topological polar surface area (TPSA) is 61.3 Å². The monoisotopic (exact) mass is 480 g/mol. The number of ketones is 1. The van der Waals surface area contributed by atoms with Gasteiger partial charge in [-0.1, -0.05) is 35.9 Å². The number of rotatable bonds is 6. The van der Waals surface area contributed by atoms with E-state index in [1.165, 1.54) is 36.9 Å². The van der Waals surface area contributed by atoms with E-state index < -0.39 is 5.92 Å².